The zero-order valence-electron chi connectivity index (χ0n) is 21.4. The summed E-state index contributed by atoms with van der Waals surface area (Å²) in [5, 5.41) is 11.4. The van der Waals surface area contributed by atoms with Crippen molar-refractivity contribution in [1.82, 2.24) is 19.6 Å². The summed E-state index contributed by atoms with van der Waals surface area (Å²) in [5.74, 6) is -1.62. The van der Waals surface area contributed by atoms with Gasteiger partial charge in [-0.1, -0.05) is 37.3 Å². The molecule has 3 fully saturated rings. The molecule has 2 unspecified atom stereocenters. The maximum absolute atomic E-state index is 13.9. The topological polar surface area (TPSA) is 99.0 Å². The number of carboxylic acid groups (broad SMARTS) is 1. The Balaban J connectivity index is 0.000000426. The molecule has 1 saturated carbocycles. The summed E-state index contributed by atoms with van der Waals surface area (Å²) >= 11 is 0. The average molecular weight is 536 g/mol. The van der Waals surface area contributed by atoms with Crippen LogP contribution in [0, 0.1) is 11.8 Å². The molecule has 9 nitrogen and oxygen atoms in total. The number of likely N-dealkylation sites (tertiary alicyclic amines) is 1. The molecule has 38 heavy (non-hydrogen) atoms. The van der Waals surface area contributed by atoms with Gasteiger partial charge >= 0.3 is 12.1 Å². The van der Waals surface area contributed by atoms with Crippen LogP contribution in [0.5, 0.6) is 0 Å². The fraction of sp³-hybridized carbons (Fsp3) is 0.538. The van der Waals surface area contributed by atoms with Crippen molar-refractivity contribution in [2.45, 2.75) is 44.4 Å². The number of hydrogen-bond acceptors (Lipinski definition) is 5. The number of anilines is 1. The third-order valence-corrected chi connectivity index (χ3v) is 7.63. The summed E-state index contributed by atoms with van der Waals surface area (Å²) in [6, 6.07) is 10.4. The summed E-state index contributed by atoms with van der Waals surface area (Å²) in [6.07, 6.45) is 0.968. The monoisotopic (exact) mass is 535 g/mol. The molecule has 2 atom stereocenters. The van der Waals surface area contributed by atoms with E-state index < -0.39 is 17.7 Å². The van der Waals surface area contributed by atoms with Crippen molar-refractivity contribution in [3.05, 3.63) is 48.3 Å². The predicted molar refractivity (Wildman–Crippen MR) is 132 cm³/mol. The zero-order valence-corrected chi connectivity index (χ0v) is 21.4. The Morgan fingerprint density at radius 2 is 1.71 bits per heavy atom. The molecule has 3 aliphatic rings. The number of carbonyl (C=O) groups is 3. The second kappa shape index (κ2) is 10.8. The number of aryl methyl sites for hydroxylation is 1. The quantitative estimate of drug-likeness (QED) is 0.647. The lowest BCUT2D eigenvalue weighted by Crippen LogP contribution is -2.69. The number of piperazine rings is 1. The normalized spacial score (nSPS) is 23.1. The molecule has 12 heteroatoms. The first kappa shape index (κ1) is 27.6. The predicted octanol–water partition coefficient (Wildman–Crippen LogP) is 2.92. The molecule has 2 saturated heterocycles. The number of benzene rings is 1. The molecule has 1 aromatic heterocycles. The highest BCUT2D eigenvalue weighted by molar-refractivity contribution is 6.01. The molecule has 1 aliphatic carbocycles. The molecule has 2 amide bonds. The van der Waals surface area contributed by atoms with Crippen LogP contribution in [0.4, 0.5) is 18.9 Å². The van der Waals surface area contributed by atoms with E-state index in [1.165, 1.54) is 5.56 Å². The van der Waals surface area contributed by atoms with E-state index in [1.807, 2.05) is 41.2 Å². The molecule has 0 radical (unpaired) electrons. The van der Waals surface area contributed by atoms with Crippen LogP contribution in [0.3, 0.4) is 0 Å². The van der Waals surface area contributed by atoms with E-state index in [4.69, 9.17) is 9.90 Å². The van der Waals surface area contributed by atoms with Gasteiger partial charge in [-0.05, 0) is 30.7 Å². The zero-order chi connectivity index (χ0) is 27.7. The number of amides is 2. The Morgan fingerprint density at radius 1 is 1.11 bits per heavy atom. The number of carboxylic acids is 1. The van der Waals surface area contributed by atoms with Gasteiger partial charge in [0, 0.05) is 51.9 Å². The van der Waals surface area contributed by atoms with Crippen LogP contribution < -0.4 is 4.90 Å². The Kier molecular flexibility index (Phi) is 7.82. The third-order valence-electron chi connectivity index (χ3n) is 7.63. The molecular weight excluding hydrogens is 503 g/mol. The maximum atomic E-state index is 13.9. The number of halogens is 3. The van der Waals surface area contributed by atoms with E-state index in [1.54, 1.807) is 10.9 Å². The van der Waals surface area contributed by atoms with Crippen LogP contribution in [0.15, 0.2) is 42.7 Å². The smallest absolute Gasteiger partial charge is 0.475 e. The molecule has 1 spiro atoms. The van der Waals surface area contributed by atoms with Gasteiger partial charge in [0.1, 0.15) is 5.54 Å². The lowest BCUT2D eigenvalue weighted by atomic mass is 9.81. The van der Waals surface area contributed by atoms with Crippen LogP contribution >= 0.6 is 0 Å². The van der Waals surface area contributed by atoms with Gasteiger partial charge in [-0.15, -0.1) is 0 Å². The Bertz CT molecular complexity index is 1160. The second-order valence-corrected chi connectivity index (χ2v) is 10.2. The van der Waals surface area contributed by atoms with Crippen LogP contribution in [-0.4, -0.2) is 80.4 Å². The minimum Gasteiger partial charge on any atom is -0.475 e. The number of nitrogens with zero attached hydrogens (tertiary/aromatic N) is 5. The third kappa shape index (κ3) is 5.85. The van der Waals surface area contributed by atoms with Crippen molar-refractivity contribution < 1.29 is 32.7 Å². The number of hydrogen-bond donors (Lipinski definition) is 1. The first-order chi connectivity index (χ1) is 17.9. The van der Waals surface area contributed by atoms with Crippen LogP contribution in [0.25, 0.3) is 0 Å². The highest BCUT2D eigenvalue weighted by atomic mass is 19.4. The van der Waals surface area contributed by atoms with E-state index in [0.717, 1.165) is 25.2 Å². The van der Waals surface area contributed by atoms with Gasteiger partial charge < -0.3 is 14.9 Å². The summed E-state index contributed by atoms with van der Waals surface area (Å²) in [6.45, 7) is 5.66. The van der Waals surface area contributed by atoms with Gasteiger partial charge in [0.05, 0.1) is 11.9 Å². The van der Waals surface area contributed by atoms with E-state index in [0.29, 0.717) is 38.4 Å². The Hall–Kier alpha value is -3.41. The van der Waals surface area contributed by atoms with Gasteiger partial charge in [-0.3, -0.25) is 19.2 Å². The Labute approximate surface area is 218 Å². The summed E-state index contributed by atoms with van der Waals surface area (Å²) in [4.78, 5) is 41.9. The molecule has 2 aliphatic heterocycles. The molecule has 1 aromatic carbocycles. The van der Waals surface area contributed by atoms with Crippen LogP contribution in [0.2, 0.25) is 0 Å². The van der Waals surface area contributed by atoms with Crippen molar-refractivity contribution >= 4 is 23.5 Å². The number of piperidine rings is 1. The molecule has 0 bridgehead atoms. The van der Waals surface area contributed by atoms with Crippen molar-refractivity contribution in [3.63, 3.8) is 0 Å². The van der Waals surface area contributed by atoms with E-state index in [9.17, 15) is 22.8 Å². The number of aliphatic carboxylic acids is 1. The number of aromatic nitrogens is 2. The highest BCUT2D eigenvalue weighted by Gasteiger charge is 2.52. The standard InChI is InChI=1S/C24H31N5O2.C2HF3O2/c1-18-14-21(18)22(30)27-10-8-24(9-11-27)23(31)29(20-15-25-26(2)17-20)13-12-28(24)16-19-6-4-3-5-7-19;3-2(4,5)1(6)7/h3-7,15,17-18,21H,8-14,16H2,1-2H3;(H,6,7). The molecule has 2 aromatic rings. The van der Waals surface area contributed by atoms with E-state index in [-0.39, 0.29) is 17.7 Å². The number of carbonyl (C=O) groups excluding carboxylic acids is 2. The van der Waals surface area contributed by atoms with Crippen molar-refractivity contribution in [1.29, 1.82) is 0 Å². The molecule has 1 N–H and O–H groups in total. The van der Waals surface area contributed by atoms with Crippen LogP contribution in [0.1, 0.15) is 31.7 Å². The first-order valence-electron chi connectivity index (χ1n) is 12.6. The van der Waals surface area contributed by atoms with Gasteiger partial charge in [-0.25, -0.2) is 4.79 Å². The minimum absolute atomic E-state index is 0.148. The average Bonchev–Trinajstić information content (AvgIpc) is 3.46. The molecular formula is C26H32F3N5O4. The summed E-state index contributed by atoms with van der Waals surface area (Å²) in [5.41, 5.74) is 1.50. The maximum Gasteiger partial charge on any atom is 0.490 e. The lowest BCUT2D eigenvalue weighted by Gasteiger charge is -2.52. The van der Waals surface area contributed by atoms with E-state index in [2.05, 4.69) is 29.1 Å². The fourth-order valence-electron chi connectivity index (χ4n) is 5.28. The molecule has 5 rings (SSSR count). The number of alkyl halides is 3. The van der Waals surface area contributed by atoms with Gasteiger partial charge in [0.15, 0.2) is 0 Å². The van der Waals surface area contributed by atoms with Crippen molar-refractivity contribution in [2.24, 2.45) is 18.9 Å². The summed E-state index contributed by atoms with van der Waals surface area (Å²) in [7, 11) is 1.87. The fourth-order valence-corrected chi connectivity index (χ4v) is 5.28. The van der Waals surface area contributed by atoms with Gasteiger partial charge in [0.2, 0.25) is 11.8 Å². The number of rotatable bonds is 4. The first-order valence-corrected chi connectivity index (χ1v) is 12.6. The van der Waals surface area contributed by atoms with E-state index >= 15 is 0 Å². The summed E-state index contributed by atoms with van der Waals surface area (Å²) < 4.78 is 33.5. The largest absolute Gasteiger partial charge is 0.490 e. The van der Waals surface area contributed by atoms with Gasteiger partial charge in [-0.2, -0.15) is 18.3 Å². The molecule has 3 heterocycles. The van der Waals surface area contributed by atoms with Crippen molar-refractivity contribution in [3.8, 4) is 0 Å². The lowest BCUT2D eigenvalue weighted by molar-refractivity contribution is -0.192. The minimum atomic E-state index is -5.08. The molecule has 206 valence electrons. The SMILES string of the molecule is CC1CC1C(=O)N1CCC2(CC1)C(=O)N(c1cnn(C)c1)CCN2Cc1ccccc1.O=C(O)C(F)(F)F. The Morgan fingerprint density at radius 3 is 2.21 bits per heavy atom. The highest BCUT2D eigenvalue weighted by Crippen LogP contribution is 2.42. The van der Waals surface area contributed by atoms with Crippen LogP contribution in [-0.2, 0) is 28.0 Å². The van der Waals surface area contributed by atoms with Gasteiger partial charge in [0.25, 0.3) is 0 Å². The van der Waals surface area contributed by atoms with Crippen molar-refractivity contribution in [2.75, 3.05) is 31.1 Å². The second-order valence-electron chi connectivity index (χ2n) is 10.2.